The van der Waals surface area contributed by atoms with Gasteiger partial charge in [-0.1, -0.05) is 24.3 Å². The van der Waals surface area contributed by atoms with E-state index in [-0.39, 0.29) is 0 Å². The van der Waals surface area contributed by atoms with Crippen molar-refractivity contribution in [2.45, 2.75) is 38.8 Å². The van der Waals surface area contributed by atoms with Gasteiger partial charge in [-0.3, -0.25) is 14.6 Å². The third kappa shape index (κ3) is 6.21. The topological polar surface area (TPSA) is 68.0 Å². The second-order valence-electron chi connectivity index (χ2n) is 9.48. The molecule has 0 unspecified atom stereocenters. The average Bonchev–Trinajstić information content (AvgIpc) is 3.57. The molecular formula is C29H33N3O3. The number of amides is 1. The van der Waals surface area contributed by atoms with E-state index in [9.17, 15) is 4.79 Å². The molecule has 5 rings (SSSR count). The van der Waals surface area contributed by atoms with Crippen LogP contribution in [-0.2, 0) is 13.1 Å². The number of primary amides is 1. The fourth-order valence-corrected chi connectivity index (χ4v) is 4.80. The maximum absolute atomic E-state index is 11.8. The molecule has 2 aliphatic heterocycles. The first-order valence-corrected chi connectivity index (χ1v) is 12.5. The molecule has 0 spiro atoms. The van der Waals surface area contributed by atoms with Gasteiger partial charge in [0.1, 0.15) is 11.5 Å². The normalized spacial score (nSPS) is 16.5. The third-order valence-corrected chi connectivity index (χ3v) is 6.74. The number of benzene rings is 3. The highest BCUT2D eigenvalue weighted by Crippen LogP contribution is 2.36. The number of ether oxygens (including phenoxy) is 2. The molecular weight excluding hydrogens is 438 g/mol. The number of nitrogens with zero attached hydrogens (tertiary/aromatic N) is 2. The number of likely N-dealkylation sites (tertiary alicyclic amines) is 2. The molecule has 6 heteroatoms. The second kappa shape index (κ2) is 10.9. The van der Waals surface area contributed by atoms with Crippen molar-refractivity contribution in [2.75, 3.05) is 26.2 Å². The molecule has 0 atom stereocenters. The van der Waals surface area contributed by atoms with Gasteiger partial charge in [-0.15, -0.1) is 0 Å². The van der Waals surface area contributed by atoms with Gasteiger partial charge < -0.3 is 15.2 Å². The van der Waals surface area contributed by atoms with Crippen LogP contribution >= 0.6 is 0 Å². The molecule has 2 N–H and O–H groups in total. The van der Waals surface area contributed by atoms with Crippen LogP contribution in [0.3, 0.4) is 0 Å². The highest BCUT2D eigenvalue weighted by molar-refractivity contribution is 5.93. The van der Waals surface area contributed by atoms with E-state index in [0.29, 0.717) is 28.6 Å². The predicted molar refractivity (Wildman–Crippen MR) is 137 cm³/mol. The van der Waals surface area contributed by atoms with E-state index in [1.165, 1.54) is 49.9 Å². The zero-order valence-electron chi connectivity index (χ0n) is 20.1. The van der Waals surface area contributed by atoms with Crippen molar-refractivity contribution in [3.63, 3.8) is 0 Å². The van der Waals surface area contributed by atoms with E-state index < -0.39 is 5.91 Å². The maximum atomic E-state index is 11.8. The first kappa shape index (κ1) is 23.4. The van der Waals surface area contributed by atoms with Gasteiger partial charge in [0.05, 0.1) is 0 Å². The molecule has 1 amide bonds. The molecule has 0 aromatic heterocycles. The maximum Gasteiger partial charge on any atom is 0.248 e. The molecule has 0 aliphatic carbocycles. The number of rotatable bonds is 9. The number of hydrogen-bond acceptors (Lipinski definition) is 5. The van der Waals surface area contributed by atoms with Gasteiger partial charge >= 0.3 is 0 Å². The summed E-state index contributed by atoms with van der Waals surface area (Å²) in [5.41, 5.74) is 8.42. The van der Waals surface area contributed by atoms with Crippen molar-refractivity contribution in [3.8, 4) is 23.0 Å². The molecule has 182 valence electrons. The van der Waals surface area contributed by atoms with E-state index in [1.54, 1.807) is 18.2 Å². The van der Waals surface area contributed by atoms with Gasteiger partial charge in [-0.05, 0) is 105 Å². The van der Waals surface area contributed by atoms with Gasteiger partial charge in [0.25, 0.3) is 0 Å². The van der Waals surface area contributed by atoms with Crippen LogP contribution in [0.2, 0.25) is 0 Å². The minimum atomic E-state index is -0.506. The Hall–Kier alpha value is -3.35. The Labute approximate surface area is 207 Å². The zero-order valence-corrected chi connectivity index (χ0v) is 20.1. The predicted octanol–water partition coefficient (Wildman–Crippen LogP) is 5.56. The van der Waals surface area contributed by atoms with Crippen LogP contribution in [0.15, 0.2) is 66.7 Å². The Morgan fingerprint density at radius 1 is 0.657 bits per heavy atom. The van der Waals surface area contributed by atoms with Crippen molar-refractivity contribution in [1.29, 1.82) is 0 Å². The SMILES string of the molecule is NC(=O)c1ccc(Oc2ccc(CN3CCCC3)cc2)c(Oc2ccc(CN3CCCC3)cc2)c1. The molecule has 2 fully saturated rings. The first-order valence-electron chi connectivity index (χ1n) is 12.5. The zero-order chi connectivity index (χ0) is 24.0. The summed E-state index contributed by atoms with van der Waals surface area (Å²) in [4.78, 5) is 16.7. The lowest BCUT2D eigenvalue weighted by Gasteiger charge is -2.16. The summed E-state index contributed by atoms with van der Waals surface area (Å²) < 4.78 is 12.3. The second-order valence-corrected chi connectivity index (χ2v) is 9.48. The molecule has 2 aliphatic rings. The monoisotopic (exact) mass is 471 g/mol. The van der Waals surface area contributed by atoms with Crippen LogP contribution < -0.4 is 15.2 Å². The van der Waals surface area contributed by atoms with Crippen LogP contribution in [0.1, 0.15) is 47.2 Å². The van der Waals surface area contributed by atoms with Gasteiger partial charge in [-0.2, -0.15) is 0 Å². The van der Waals surface area contributed by atoms with Crippen molar-refractivity contribution >= 4 is 5.91 Å². The Kier molecular flexibility index (Phi) is 7.31. The average molecular weight is 472 g/mol. The molecule has 0 radical (unpaired) electrons. The summed E-state index contributed by atoms with van der Waals surface area (Å²) in [6, 6.07) is 21.3. The number of nitrogens with two attached hydrogens (primary N) is 1. The molecule has 0 bridgehead atoms. The Morgan fingerprint density at radius 2 is 1.11 bits per heavy atom. The minimum Gasteiger partial charge on any atom is -0.453 e. The smallest absolute Gasteiger partial charge is 0.248 e. The van der Waals surface area contributed by atoms with Crippen LogP contribution in [-0.4, -0.2) is 41.9 Å². The third-order valence-electron chi connectivity index (χ3n) is 6.74. The first-order chi connectivity index (χ1) is 17.1. The standard InChI is InChI=1S/C29H33N3O3/c30-29(33)24-9-14-27(34-25-10-5-22(6-11-25)20-31-15-1-2-16-31)28(19-24)35-26-12-7-23(8-13-26)21-32-17-3-4-18-32/h5-14,19H,1-4,15-18,20-21H2,(H2,30,33). The fourth-order valence-electron chi connectivity index (χ4n) is 4.80. The molecule has 3 aromatic rings. The van der Waals surface area contributed by atoms with Gasteiger partial charge in [0.2, 0.25) is 5.91 Å². The summed E-state index contributed by atoms with van der Waals surface area (Å²) in [5, 5.41) is 0. The lowest BCUT2D eigenvalue weighted by atomic mass is 10.1. The van der Waals surface area contributed by atoms with Crippen molar-refractivity contribution < 1.29 is 14.3 Å². The Morgan fingerprint density at radius 3 is 1.57 bits per heavy atom. The lowest BCUT2D eigenvalue weighted by Crippen LogP contribution is -2.18. The summed E-state index contributed by atoms with van der Waals surface area (Å²) in [5.74, 6) is 1.88. The minimum absolute atomic E-state index is 0.374. The molecule has 2 heterocycles. The molecule has 6 nitrogen and oxygen atoms in total. The van der Waals surface area contributed by atoms with Gasteiger partial charge in [0.15, 0.2) is 11.5 Å². The highest BCUT2D eigenvalue weighted by Gasteiger charge is 2.15. The van der Waals surface area contributed by atoms with Gasteiger partial charge in [-0.25, -0.2) is 0 Å². The number of carbonyl (C=O) groups excluding carboxylic acids is 1. The quantitative estimate of drug-likeness (QED) is 0.442. The Balaban J connectivity index is 1.29. The van der Waals surface area contributed by atoms with Crippen LogP contribution in [0.4, 0.5) is 0 Å². The van der Waals surface area contributed by atoms with Crippen molar-refractivity contribution in [1.82, 2.24) is 9.80 Å². The van der Waals surface area contributed by atoms with Crippen LogP contribution in [0.5, 0.6) is 23.0 Å². The van der Waals surface area contributed by atoms with E-state index in [1.807, 2.05) is 24.3 Å². The van der Waals surface area contributed by atoms with Crippen LogP contribution in [0, 0.1) is 0 Å². The summed E-state index contributed by atoms with van der Waals surface area (Å²) in [6.45, 7) is 6.60. The van der Waals surface area contributed by atoms with Crippen molar-refractivity contribution in [3.05, 3.63) is 83.4 Å². The summed E-state index contributed by atoms with van der Waals surface area (Å²) in [6.07, 6.45) is 5.13. The lowest BCUT2D eigenvalue weighted by molar-refractivity contribution is 0.1000. The molecule has 35 heavy (non-hydrogen) atoms. The van der Waals surface area contributed by atoms with E-state index in [2.05, 4.69) is 34.1 Å². The van der Waals surface area contributed by atoms with E-state index >= 15 is 0 Å². The van der Waals surface area contributed by atoms with Crippen LogP contribution in [0.25, 0.3) is 0 Å². The molecule has 2 saturated heterocycles. The fraction of sp³-hybridized carbons (Fsp3) is 0.345. The van der Waals surface area contributed by atoms with E-state index in [0.717, 1.165) is 26.2 Å². The summed E-state index contributed by atoms with van der Waals surface area (Å²) in [7, 11) is 0. The molecule has 3 aromatic carbocycles. The largest absolute Gasteiger partial charge is 0.453 e. The number of hydrogen-bond donors (Lipinski definition) is 1. The number of carbonyl (C=O) groups is 1. The van der Waals surface area contributed by atoms with E-state index in [4.69, 9.17) is 15.2 Å². The molecule has 0 saturated carbocycles. The Bertz CT molecular complexity index is 1130. The summed E-state index contributed by atoms with van der Waals surface area (Å²) >= 11 is 0. The van der Waals surface area contributed by atoms with Gasteiger partial charge in [0, 0.05) is 18.7 Å². The highest BCUT2D eigenvalue weighted by atomic mass is 16.5. The van der Waals surface area contributed by atoms with Crippen molar-refractivity contribution in [2.24, 2.45) is 5.73 Å².